The number of hydrogen-bond acceptors (Lipinski definition) is 6. The molecule has 2 aliphatic heterocycles. The second-order valence-electron chi connectivity index (χ2n) is 7.09. The second kappa shape index (κ2) is 7.03. The van der Waals surface area contributed by atoms with Gasteiger partial charge in [-0.2, -0.15) is 0 Å². The normalized spacial score (nSPS) is 26.6. The first kappa shape index (κ1) is 17.0. The largest absolute Gasteiger partial charge is 0.497 e. The maximum Gasteiger partial charge on any atom is 0.123 e. The second-order valence-corrected chi connectivity index (χ2v) is 8.21. The third kappa shape index (κ3) is 3.31. The van der Waals surface area contributed by atoms with E-state index >= 15 is 0 Å². The molecule has 2 atom stereocenters. The van der Waals surface area contributed by atoms with Crippen molar-refractivity contribution < 1.29 is 14.6 Å². The van der Waals surface area contributed by atoms with Crippen LogP contribution in [0, 0.1) is 11.3 Å². The van der Waals surface area contributed by atoms with Crippen LogP contribution in [0.2, 0.25) is 0 Å². The summed E-state index contributed by atoms with van der Waals surface area (Å²) in [4.78, 5) is 8.29. The quantitative estimate of drug-likeness (QED) is 0.888. The van der Waals surface area contributed by atoms with Gasteiger partial charge in [0.15, 0.2) is 0 Å². The summed E-state index contributed by atoms with van der Waals surface area (Å²) in [5.41, 5.74) is 1.02. The van der Waals surface area contributed by atoms with E-state index in [-0.39, 0.29) is 12.0 Å². The summed E-state index contributed by atoms with van der Waals surface area (Å²) >= 11 is 1.73. The summed E-state index contributed by atoms with van der Waals surface area (Å²) < 4.78 is 11.0. The predicted molar refractivity (Wildman–Crippen MR) is 97.8 cm³/mol. The van der Waals surface area contributed by atoms with Gasteiger partial charge in [-0.3, -0.25) is 4.90 Å². The minimum absolute atomic E-state index is 0.0709. The molecule has 2 aromatic rings. The van der Waals surface area contributed by atoms with E-state index in [1.54, 1.807) is 18.4 Å². The first-order chi connectivity index (χ1) is 12.2. The van der Waals surface area contributed by atoms with Crippen molar-refractivity contribution in [3.8, 4) is 16.3 Å². The van der Waals surface area contributed by atoms with Gasteiger partial charge >= 0.3 is 0 Å². The highest BCUT2D eigenvalue weighted by Crippen LogP contribution is 2.41. The number of nitrogens with zero attached hydrogens (tertiary/aromatic N) is 2. The number of aliphatic hydroxyl groups excluding tert-OH is 1. The number of methoxy groups -OCH3 is 1. The molecule has 0 bridgehead atoms. The number of likely N-dealkylation sites (tertiary alicyclic amines) is 1. The first-order valence-electron chi connectivity index (χ1n) is 8.72. The van der Waals surface area contributed by atoms with E-state index in [9.17, 15) is 5.11 Å². The standard InChI is InChI=1S/C19H24N2O3S/c1-23-16-4-2-3-14(7-16)18-20-8-17(25-18)10-21-9-15-5-6-24-13-19(15,11-21)12-22/h2-4,7-8,15,22H,5-6,9-13H2,1H3/t15-,19+/m0/s1. The van der Waals surface area contributed by atoms with Crippen LogP contribution >= 0.6 is 11.3 Å². The molecule has 2 saturated heterocycles. The van der Waals surface area contributed by atoms with Gasteiger partial charge in [-0.15, -0.1) is 11.3 Å². The monoisotopic (exact) mass is 360 g/mol. The molecule has 0 unspecified atom stereocenters. The smallest absolute Gasteiger partial charge is 0.123 e. The van der Waals surface area contributed by atoms with Crippen LogP contribution in [0.4, 0.5) is 0 Å². The molecular formula is C19H24N2O3S. The summed E-state index contributed by atoms with van der Waals surface area (Å²) in [6.45, 7) is 4.55. The van der Waals surface area contributed by atoms with Crippen molar-refractivity contribution in [1.29, 1.82) is 0 Å². The number of rotatable bonds is 5. The Hall–Kier alpha value is -1.47. The van der Waals surface area contributed by atoms with Gasteiger partial charge in [0.2, 0.25) is 0 Å². The maximum absolute atomic E-state index is 9.91. The summed E-state index contributed by atoms with van der Waals surface area (Å²) in [6, 6.07) is 8.02. The molecule has 2 fully saturated rings. The van der Waals surface area contributed by atoms with Gasteiger partial charge < -0.3 is 14.6 Å². The van der Waals surface area contributed by atoms with Gasteiger partial charge in [-0.05, 0) is 24.5 Å². The fourth-order valence-corrected chi connectivity index (χ4v) is 4.99. The van der Waals surface area contributed by atoms with E-state index in [0.717, 1.165) is 49.0 Å². The van der Waals surface area contributed by atoms with Crippen LogP contribution in [0.25, 0.3) is 10.6 Å². The van der Waals surface area contributed by atoms with Crippen molar-refractivity contribution in [3.05, 3.63) is 35.3 Å². The molecule has 0 aliphatic carbocycles. The van der Waals surface area contributed by atoms with Gasteiger partial charge in [0, 0.05) is 48.3 Å². The Balaban J connectivity index is 1.46. The molecule has 1 aromatic heterocycles. The van der Waals surface area contributed by atoms with Crippen molar-refractivity contribution in [2.45, 2.75) is 13.0 Å². The van der Waals surface area contributed by atoms with Crippen LogP contribution < -0.4 is 4.74 Å². The molecule has 2 aliphatic rings. The fourth-order valence-electron chi connectivity index (χ4n) is 4.04. The minimum Gasteiger partial charge on any atom is -0.497 e. The van der Waals surface area contributed by atoms with Crippen molar-refractivity contribution in [2.75, 3.05) is 40.0 Å². The Morgan fingerprint density at radius 2 is 2.40 bits per heavy atom. The Kier molecular flexibility index (Phi) is 4.78. The maximum atomic E-state index is 9.91. The zero-order valence-corrected chi connectivity index (χ0v) is 15.3. The van der Waals surface area contributed by atoms with Crippen LogP contribution in [0.15, 0.2) is 30.5 Å². The molecule has 0 saturated carbocycles. The van der Waals surface area contributed by atoms with Gasteiger partial charge in [0.05, 0.1) is 20.3 Å². The average Bonchev–Trinajstić information content (AvgIpc) is 3.26. The van der Waals surface area contributed by atoms with Crippen molar-refractivity contribution in [2.24, 2.45) is 11.3 Å². The van der Waals surface area contributed by atoms with Gasteiger partial charge in [-0.1, -0.05) is 12.1 Å². The molecule has 0 amide bonds. The number of aliphatic hydroxyl groups is 1. The predicted octanol–water partition coefficient (Wildman–Crippen LogP) is 2.65. The van der Waals surface area contributed by atoms with Gasteiger partial charge in [-0.25, -0.2) is 4.98 Å². The molecule has 25 heavy (non-hydrogen) atoms. The molecule has 0 spiro atoms. The van der Waals surface area contributed by atoms with Crippen LogP contribution in [-0.4, -0.2) is 55.0 Å². The lowest BCUT2D eigenvalue weighted by atomic mass is 9.76. The summed E-state index contributed by atoms with van der Waals surface area (Å²) in [6.07, 6.45) is 3.03. The van der Waals surface area contributed by atoms with Crippen molar-refractivity contribution in [1.82, 2.24) is 9.88 Å². The summed E-state index contributed by atoms with van der Waals surface area (Å²) in [7, 11) is 1.68. The lowest BCUT2D eigenvalue weighted by Gasteiger charge is -2.36. The number of ether oxygens (including phenoxy) is 2. The van der Waals surface area contributed by atoms with Crippen LogP contribution in [0.5, 0.6) is 5.75 Å². The highest BCUT2D eigenvalue weighted by Gasteiger charge is 2.47. The number of fused-ring (bicyclic) bond motifs is 1. The van der Waals surface area contributed by atoms with E-state index < -0.39 is 0 Å². The number of aromatic nitrogens is 1. The van der Waals surface area contributed by atoms with E-state index in [1.807, 2.05) is 24.4 Å². The minimum atomic E-state index is -0.0709. The highest BCUT2D eigenvalue weighted by atomic mass is 32.1. The van der Waals surface area contributed by atoms with Crippen molar-refractivity contribution >= 4 is 11.3 Å². The van der Waals surface area contributed by atoms with E-state index in [0.29, 0.717) is 12.5 Å². The lowest BCUT2D eigenvalue weighted by molar-refractivity contribution is -0.0561. The highest BCUT2D eigenvalue weighted by molar-refractivity contribution is 7.15. The average molecular weight is 360 g/mol. The van der Waals surface area contributed by atoms with Crippen LogP contribution in [0.3, 0.4) is 0 Å². The SMILES string of the molecule is COc1cccc(-c2ncc(CN3C[C@@H]4CCOC[C@]4(CO)C3)s2)c1. The fraction of sp³-hybridized carbons (Fsp3) is 0.526. The van der Waals surface area contributed by atoms with Crippen molar-refractivity contribution in [3.63, 3.8) is 0 Å². The third-order valence-electron chi connectivity index (χ3n) is 5.45. The van der Waals surface area contributed by atoms with E-state index in [4.69, 9.17) is 9.47 Å². The Bertz CT molecular complexity index is 735. The van der Waals surface area contributed by atoms with E-state index in [2.05, 4.69) is 16.0 Å². The molecule has 1 aromatic carbocycles. The molecule has 5 nitrogen and oxygen atoms in total. The zero-order chi connectivity index (χ0) is 17.3. The van der Waals surface area contributed by atoms with Gasteiger partial charge in [0.25, 0.3) is 0 Å². The molecule has 134 valence electrons. The van der Waals surface area contributed by atoms with E-state index in [1.165, 1.54) is 4.88 Å². The molecular weight excluding hydrogens is 336 g/mol. The molecule has 3 heterocycles. The molecule has 0 radical (unpaired) electrons. The molecule has 4 rings (SSSR count). The Morgan fingerprint density at radius 1 is 1.48 bits per heavy atom. The lowest BCUT2D eigenvalue weighted by Crippen LogP contribution is -2.42. The van der Waals surface area contributed by atoms with Crippen LogP contribution in [0.1, 0.15) is 11.3 Å². The molecule has 1 N–H and O–H groups in total. The molecule has 6 heteroatoms. The number of benzene rings is 1. The number of hydrogen-bond donors (Lipinski definition) is 1. The first-order valence-corrected chi connectivity index (χ1v) is 9.54. The summed E-state index contributed by atoms with van der Waals surface area (Å²) in [5, 5.41) is 10.9. The Morgan fingerprint density at radius 3 is 3.20 bits per heavy atom. The topological polar surface area (TPSA) is 54.8 Å². The van der Waals surface area contributed by atoms with Crippen LogP contribution in [-0.2, 0) is 11.3 Å². The van der Waals surface area contributed by atoms with Gasteiger partial charge in [0.1, 0.15) is 10.8 Å². The third-order valence-corrected chi connectivity index (χ3v) is 6.48. The zero-order valence-electron chi connectivity index (χ0n) is 14.5. The number of thiazole rings is 1. The Labute approximate surface area is 152 Å². The summed E-state index contributed by atoms with van der Waals surface area (Å²) in [5.74, 6) is 1.39.